The molecule has 6 nitrogen and oxygen atoms in total. The molecule has 0 radical (unpaired) electrons. The summed E-state index contributed by atoms with van der Waals surface area (Å²) in [4.78, 5) is 17.6. The van der Waals surface area contributed by atoms with Gasteiger partial charge in [0.05, 0.1) is 17.1 Å². The van der Waals surface area contributed by atoms with Crippen LogP contribution in [0.25, 0.3) is 0 Å². The Morgan fingerprint density at radius 2 is 1.22 bits per heavy atom. The van der Waals surface area contributed by atoms with Crippen LogP contribution in [0, 0.1) is 0 Å². The number of anilines is 2. The van der Waals surface area contributed by atoms with Crippen molar-refractivity contribution in [3.05, 3.63) is 126 Å². The Hall–Kier alpha value is -4.10. The first-order valence-electron chi connectivity index (χ1n) is 12.3. The summed E-state index contributed by atoms with van der Waals surface area (Å²) in [7, 11) is -3.81. The lowest BCUT2D eigenvalue weighted by molar-refractivity contribution is 0.0747. The van der Waals surface area contributed by atoms with Crippen molar-refractivity contribution in [3.63, 3.8) is 0 Å². The molecule has 0 saturated carbocycles. The molecule has 4 aromatic rings. The molecule has 1 heterocycles. The van der Waals surface area contributed by atoms with Gasteiger partial charge >= 0.3 is 0 Å². The molecule has 0 bridgehead atoms. The largest absolute Gasteiger partial charge is 0.368 e. The monoisotopic (exact) mass is 511 g/mol. The smallest absolute Gasteiger partial charge is 0.264 e. The van der Waals surface area contributed by atoms with Gasteiger partial charge in [0.1, 0.15) is 0 Å². The first-order chi connectivity index (χ1) is 18.0. The summed E-state index contributed by atoms with van der Waals surface area (Å²) in [6.07, 6.45) is 0. The minimum Gasteiger partial charge on any atom is -0.368 e. The maximum absolute atomic E-state index is 13.6. The summed E-state index contributed by atoms with van der Waals surface area (Å²) in [6, 6.07) is 35.0. The Balaban J connectivity index is 1.34. The molecule has 1 aliphatic heterocycles. The molecule has 37 heavy (non-hydrogen) atoms. The lowest BCUT2D eigenvalue weighted by atomic mass is 10.1. The minimum atomic E-state index is -3.81. The van der Waals surface area contributed by atoms with E-state index in [1.54, 1.807) is 54.6 Å². The van der Waals surface area contributed by atoms with Crippen LogP contribution < -0.4 is 9.21 Å². The molecule has 0 aliphatic carbocycles. The Labute approximate surface area is 218 Å². The number of sulfonamides is 1. The van der Waals surface area contributed by atoms with E-state index in [1.165, 1.54) is 4.31 Å². The van der Waals surface area contributed by atoms with Crippen LogP contribution >= 0.6 is 0 Å². The second-order valence-electron chi connectivity index (χ2n) is 8.97. The van der Waals surface area contributed by atoms with Gasteiger partial charge in [-0.3, -0.25) is 9.10 Å². The van der Waals surface area contributed by atoms with Gasteiger partial charge in [-0.25, -0.2) is 8.42 Å². The summed E-state index contributed by atoms with van der Waals surface area (Å²) in [5, 5.41) is 0. The molecule has 188 valence electrons. The van der Waals surface area contributed by atoms with Crippen molar-refractivity contribution in [2.24, 2.45) is 0 Å². The number of piperazine rings is 1. The molecule has 0 aromatic heterocycles. The van der Waals surface area contributed by atoms with Crippen LogP contribution in [0.1, 0.15) is 15.9 Å². The fourth-order valence-electron chi connectivity index (χ4n) is 4.54. The highest BCUT2D eigenvalue weighted by Gasteiger charge is 2.26. The summed E-state index contributed by atoms with van der Waals surface area (Å²) >= 11 is 0. The number of nitrogens with zero attached hydrogens (tertiary/aromatic N) is 3. The van der Waals surface area contributed by atoms with Crippen molar-refractivity contribution < 1.29 is 13.2 Å². The van der Waals surface area contributed by atoms with Crippen molar-refractivity contribution >= 4 is 27.3 Å². The van der Waals surface area contributed by atoms with Crippen molar-refractivity contribution in [2.75, 3.05) is 35.4 Å². The topological polar surface area (TPSA) is 60.9 Å². The number of carbonyl (C=O) groups excluding carboxylic acids is 1. The van der Waals surface area contributed by atoms with Crippen LogP contribution in [0.2, 0.25) is 0 Å². The van der Waals surface area contributed by atoms with E-state index in [4.69, 9.17) is 0 Å². The van der Waals surface area contributed by atoms with E-state index in [1.807, 2.05) is 53.4 Å². The van der Waals surface area contributed by atoms with E-state index in [-0.39, 0.29) is 17.3 Å². The zero-order valence-corrected chi connectivity index (χ0v) is 21.3. The van der Waals surface area contributed by atoms with E-state index in [2.05, 4.69) is 17.0 Å². The van der Waals surface area contributed by atoms with Crippen LogP contribution in [-0.4, -0.2) is 45.4 Å². The molecule has 0 spiro atoms. The van der Waals surface area contributed by atoms with E-state index in [0.717, 1.165) is 24.3 Å². The molecule has 1 fully saturated rings. The fraction of sp³-hybridized carbons (Fsp3) is 0.167. The highest BCUT2D eigenvalue weighted by Crippen LogP contribution is 2.27. The highest BCUT2D eigenvalue weighted by molar-refractivity contribution is 7.92. The fourth-order valence-corrected chi connectivity index (χ4v) is 6.02. The van der Waals surface area contributed by atoms with Gasteiger partial charge in [0, 0.05) is 37.4 Å². The van der Waals surface area contributed by atoms with E-state index in [0.29, 0.717) is 24.3 Å². The number of rotatable bonds is 7. The zero-order chi connectivity index (χ0) is 25.7. The van der Waals surface area contributed by atoms with Crippen molar-refractivity contribution in [2.45, 2.75) is 11.4 Å². The lowest BCUT2D eigenvalue weighted by Crippen LogP contribution is -2.48. The maximum atomic E-state index is 13.6. The molecule has 0 atom stereocenters. The number of hydrogen-bond donors (Lipinski definition) is 0. The molecule has 4 aromatic carbocycles. The molecule has 1 saturated heterocycles. The number of carbonyl (C=O) groups is 1. The van der Waals surface area contributed by atoms with Gasteiger partial charge in [-0.05, 0) is 54.1 Å². The van der Waals surface area contributed by atoms with Gasteiger partial charge in [-0.2, -0.15) is 0 Å². The number of para-hydroxylation sites is 1. The quantitative estimate of drug-likeness (QED) is 0.349. The summed E-state index contributed by atoms with van der Waals surface area (Å²) in [5.74, 6) is -0.0419. The van der Waals surface area contributed by atoms with Crippen LogP contribution in [0.3, 0.4) is 0 Å². The van der Waals surface area contributed by atoms with E-state index < -0.39 is 10.0 Å². The molecule has 0 N–H and O–H groups in total. The summed E-state index contributed by atoms with van der Waals surface area (Å²) in [5.41, 5.74) is 3.10. The average molecular weight is 512 g/mol. The Bertz CT molecular complexity index is 1420. The molecule has 0 unspecified atom stereocenters. The second-order valence-corrected chi connectivity index (χ2v) is 10.8. The van der Waals surface area contributed by atoms with Crippen LogP contribution in [-0.2, 0) is 16.6 Å². The van der Waals surface area contributed by atoms with Crippen molar-refractivity contribution in [1.82, 2.24) is 4.90 Å². The molecule has 1 amide bonds. The van der Waals surface area contributed by atoms with Crippen LogP contribution in [0.15, 0.2) is 120 Å². The highest BCUT2D eigenvalue weighted by atomic mass is 32.2. The van der Waals surface area contributed by atoms with Crippen molar-refractivity contribution in [1.29, 1.82) is 0 Å². The molecular formula is C30H29N3O3S. The van der Waals surface area contributed by atoms with Gasteiger partial charge < -0.3 is 9.80 Å². The summed E-state index contributed by atoms with van der Waals surface area (Å²) < 4.78 is 28.6. The Morgan fingerprint density at radius 3 is 1.81 bits per heavy atom. The first kappa shape index (κ1) is 24.6. The molecule has 7 heteroatoms. The SMILES string of the molecule is O=C(c1ccc(N(Cc2ccccc2)S(=O)(=O)c2ccccc2)cc1)N1CCN(c2ccccc2)CC1. The average Bonchev–Trinajstić information content (AvgIpc) is 2.97. The standard InChI is InChI=1S/C30H29N3O3S/c34-30(32-22-20-31(21-23-32)27-12-6-2-7-13-27)26-16-18-28(19-17-26)33(24-25-10-4-1-5-11-25)37(35,36)29-14-8-3-9-15-29/h1-19H,20-24H2. The predicted molar refractivity (Wildman–Crippen MR) is 147 cm³/mol. The first-order valence-corrected chi connectivity index (χ1v) is 13.8. The normalized spacial score (nSPS) is 13.8. The van der Waals surface area contributed by atoms with Crippen LogP contribution in [0.5, 0.6) is 0 Å². The predicted octanol–water partition coefficient (Wildman–Crippen LogP) is 5.04. The van der Waals surface area contributed by atoms with Gasteiger partial charge in [0.25, 0.3) is 15.9 Å². The Kier molecular flexibility index (Phi) is 7.23. The third-order valence-electron chi connectivity index (χ3n) is 6.59. The van der Waals surface area contributed by atoms with Gasteiger partial charge in [-0.15, -0.1) is 0 Å². The molecular weight excluding hydrogens is 482 g/mol. The second kappa shape index (κ2) is 10.9. The number of amides is 1. The van der Waals surface area contributed by atoms with Gasteiger partial charge in [0.15, 0.2) is 0 Å². The third-order valence-corrected chi connectivity index (χ3v) is 8.38. The van der Waals surface area contributed by atoms with Crippen molar-refractivity contribution in [3.8, 4) is 0 Å². The maximum Gasteiger partial charge on any atom is 0.264 e. The Morgan fingerprint density at radius 1 is 0.676 bits per heavy atom. The van der Waals surface area contributed by atoms with E-state index >= 15 is 0 Å². The zero-order valence-electron chi connectivity index (χ0n) is 20.5. The van der Waals surface area contributed by atoms with Gasteiger partial charge in [0.2, 0.25) is 0 Å². The van der Waals surface area contributed by atoms with E-state index in [9.17, 15) is 13.2 Å². The minimum absolute atomic E-state index is 0.0419. The molecule has 5 rings (SSSR count). The van der Waals surface area contributed by atoms with Gasteiger partial charge in [-0.1, -0.05) is 66.7 Å². The number of hydrogen-bond acceptors (Lipinski definition) is 4. The molecule has 1 aliphatic rings. The third kappa shape index (κ3) is 5.52. The van der Waals surface area contributed by atoms with Crippen LogP contribution in [0.4, 0.5) is 11.4 Å². The summed E-state index contributed by atoms with van der Waals surface area (Å²) in [6.45, 7) is 3.00. The lowest BCUT2D eigenvalue weighted by Gasteiger charge is -2.36. The number of benzene rings is 4.